The van der Waals surface area contributed by atoms with Crippen LogP contribution in [0, 0.1) is 0 Å². The second kappa shape index (κ2) is 7.85. The van der Waals surface area contributed by atoms with Gasteiger partial charge in [0.1, 0.15) is 12.4 Å². The first kappa shape index (κ1) is 16.4. The van der Waals surface area contributed by atoms with Gasteiger partial charge in [-0.05, 0) is 24.3 Å². The standard InChI is InChI=1S/C13H17N3O5/c14-11(17)7-16(8-12(15)18)5-6-21-10-3-1-9(2-4-10)13(19)20/h1-4H,5-8H2,(H2,14,17)(H2,15,18)(H,19,20). The number of aromatic carboxylic acids is 1. The number of nitrogens with zero attached hydrogens (tertiary/aromatic N) is 1. The van der Waals surface area contributed by atoms with Gasteiger partial charge in [-0.2, -0.15) is 0 Å². The van der Waals surface area contributed by atoms with Gasteiger partial charge in [0.2, 0.25) is 11.8 Å². The summed E-state index contributed by atoms with van der Waals surface area (Å²) in [7, 11) is 0. The van der Waals surface area contributed by atoms with Gasteiger partial charge in [-0.15, -0.1) is 0 Å². The van der Waals surface area contributed by atoms with E-state index >= 15 is 0 Å². The molecule has 0 aliphatic carbocycles. The molecule has 0 spiro atoms. The van der Waals surface area contributed by atoms with Gasteiger partial charge in [0.15, 0.2) is 0 Å². The summed E-state index contributed by atoms with van der Waals surface area (Å²) in [4.78, 5) is 33.9. The molecule has 8 heteroatoms. The minimum absolute atomic E-state index is 0.0930. The number of carbonyl (C=O) groups is 3. The summed E-state index contributed by atoms with van der Waals surface area (Å²) in [5, 5.41) is 8.76. The summed E-state index contributed by atoms with van der Waals surface area (Å²) in [6, 6.07) is 5.89. The zero-order chi connectivity index (χ0) is 15.8. The number of carbonyl (C=O) groups excluding carboxylic acids is 2. The van der Waals surface area contributed by atoms with Crippen LogP contribution in [0.25, 0.3) is 0 Å². The van der Waals surface area contributed by atoms with E-state index in [1.54, 1.807) is 0 Å². The third kappa shape index (κ3) is 6.39. The van der Waals surface area contributed by atoms with Crippen molar-refractivity contribution >= 4 is 17.8 Å². The number of carboxylic acids is 1. The lowest BCUT2D eigenvalue weighted by Gasteiger charge is -2.18. The van der Waals surface area contributed by atoms with Gasteiger partial charge in [-0.1, -0.05) is 0 Å². The molecule has 0 saturated heterocycles. The van der Waals surface area contributed by atoms with Crippen LogP contribution in [0.15, 0.2) is 24.3 Å². The summed E-state index contributed by atoms with van der Waals surface area (Å²) in [5.74, 6) is -1.67. The molecule has 2 amide bonds. The molecule has 8 nitrogen and oxygen atoms in total. The molecule has 1 aromatic rings. The first-order valence-electron chi connectivity index (χ1n) is 6.13. The van der Waals surface area contributed by atoms with Crippen LogP contribution < -0.4 is 16.2 Å². The van der Waals surface area contributed by atoms with Crippen molar-refractivity contribution in [3.63, 3.8) is 0 Å². The molecule has 0 atom stereocenters. The van der Waals surface area contributed by atoms with Gasteiger partial charge >= 0.3 is 5.97 Å². The van der Waals surface area contributed by atoms with Crippen LogP contribution in [0.2, 0.25) is 0 Å². The number of hydrogen-bond acceptors (Lipinski definition) is 5. The summed E-state index contributed by atoms with van der Waals surface area (Å²) < 4.78 is 5.40. The molecule has 5 N–H and O–H groups in total. The molecule has 0 saturated carbocycles. The van der Waals surface area contributed by atoms with Crippen LogP contribution in [-0.4, -0.2) is 54.0 Å². The van der Waals surface area contributed by atoms with E-state index in [0.29, 0.717) is 5.75 Å². The Bertz CT molecular complexity index is 499. The lowest BCUT2D eigenvalue weighted by molar-refractivity contribution is -0.122. The predicted octanol–water partition coefficient (Wildman–Crippen LogP) is -0.964. The lowest BCUT2D eigenvalue weighted by Crippen LogP contribution is -2.41. The molecule has 21 heavy (non-hydrogen) atoms. The summed E-state index contributed by atoms with van der Waals surface area (Å²) in [6.45, 7) is 0.300. The van der Waals surface area contributed by atoms with Crippen molar-refractivity contribution in [1.82, 2.24) is 4.90 Å². The third-order valence-electron chi connectivity index (χ3n) is 2.54. The van der Waals surface area contributed by atoms with Crippen molar-refractivity contribution in [3.8, 4) is 5.75 Å². The Morgan fingerprint density at radius 2 is 1.57 bits per heavy atom. The Balaban J connectivity index is 2.47. The normalized spacial score (nSPS) is 10.3. The summed E-state index contributed by atoms with van der Waals surface area (Å²) in [6.07, 6.45) is 0. The first-order chi connectivity index (χ1) is 9.88. The highest BCUT2D eigenvalue weighted by Crippen LogP contribution is 2.12. The molecule has 1 rings (SSSR count). The third-order valence-corrected chi connectivity index (χ3v) is 2.54. The fourth-order valence-corrected chi connectivity index (χ4v) is 1.64. The van der Waals surface area contributed by atoms with Gasteiger partial charge in [0.25, 0.3) is 0 Å². The molecule has 0 bridgehead atoms. The van der Waals surface area contributed by atoms with Crippen LogP contribution in [0.1, 0.15) is 10.4 Å². The number of benzene rings is 1. The van der Waals surface area contributed by atoms with Gasteiger partial charge in [0.05, 0.1) is 18.7 Å². The van der Waals surface area contributed by atoms with E-state index in [2.05, 4.69) is 0 Å². The van der Waals surface area contributed by atoms with Gasteiger partial charge in [-0.25, -0.2) is 4.79 Å². The number of ether oxygens (including phenoxy) is 1. The molecular weight excluding hydrogens is 278 g/mol. The van der Waals surface area contributed by atoms with Crippen LogP contribution >= 0.6 is 0 Å². The second-order valence-corrected chi connectivity index (χ2v) is 4.32. The average Bonchev–Trinajstić information content (AvgIpc) is 2.37. The van der Waals surface area contributed by atoms with Crippen molar-refractivity contribution in [1.29, 1.82) is 0 Å². The highest BCUT2D eigenvalue weighted by molar-refractivity contribution is 5.87. The Morgan fingerprint density at radius 3 is 2.00 bits per heavy atom. The predicted molar refractivity (Wildman–Crippen MR) is 73.7 cm³/mol. The minimum Gasteiger partial charge on any atom is -0.492 e. The minimum atomic E-state index is -1.02. The lowest BCUT2D eigenvalue weighted by atomic mass is 10.2. The monoisotopic (exact) mass is 295 g/mol. The fraction of sp³-hybridized carbons (Fsp3) is 0.308. The van der Waals surface area contributed by atoms with Gasteiger partial charge in [-0.3, -0.25) is 14.5 Å². The zero-order valence-corrected chi connectivity index (χ0v) is 11.3. The highest BCUT2D eigenvalue weighted by atomic mass is 16.5. The van der Waals surface area contributed by atoms with Crippen LogP contribution in [0.3, 0.4) is 0 Å². The van der Waals surface area contributed by atoms with E-state index in [1.165, 1.54) is 29.2 Å². The molecule has 0 fully saturated rings. The molecule has 1 aromatic carbocycles. The summed E-state index contributed by atoms with van der Waals surface area (Å²) >= 11 is 0. The quantitative estimate of drug-likeness (QED) is 0.536. The topological polar surface area (TPSA) is 136 Å². The maximum absolute atomic E-state index is 10.9. The Kier molecular flexibility index (Phi) is 6.15. The number of primary amides is 2. The Morgan fingerprint density at radius 1 is 1.05 bits per heavy atom. The second-order valence-electron chi connectivity index (χ2n) is 4.32. The average molecular weight is 295 g/mol. The fourth-order valence-electron chi connectivity index (χ4n) is 1.64. The molecule has 0 heterocycles. The number of nitrogens with two attached hydrogens (primary N) is 2. The first-order valence-corrected chi connectivity index (χ1v) is 6.13. The molecule has 114 valence electrons. The van der Waals surface area contributed by atoms with Crippen molar-refractivity contribution in [2.75, 3.05) is 26.2 Å². The van der Waals surface area contributed by atoms with Crippen molar-refractivity contribution in [2.24, 2.45) is 11.5 Å². The molecule has 0 aromatic heterocycles. The smallest absolute Gasteiger partial charge is 0.335 e. The van der Waals surface area contributed by atoms with E-state index in [1.807, 2.05) is 0 Å². The maximum Gasteiger partial charge on any atom is 0.335 e. The zero-order valence-electron chi connectivity index (χ0n) is 11.3. The van der Waals surface area contributed by atoms with Crippen molar-refractivity contribution in [2.45, 2.75) is 0 Å². The number of amides is 2. The van der Waals surface area contributed by atoms with Gasteiger partial charge < -0.3 is 21.3 Å². The molecule has 0 unspecified atom stereocenters. The summed E-state index contributed by atoms with van der Waals surface area (Å²) in [5.41, 5.74) is 10.3. The molecule has 0 aliphatic heterocycles. The van der Waals surface area contributed by atoms with Crippen LogP contribution in [0.5, 0.6) is 5.75 Å². The Labute approximate surface area is 121 Å². The highest BCUT2D eigenvalue weighted by Gasteiger charge is 2.11. The maximum atomic E-state index is 10.9. The largest absolute Gasteiger partial charge is 0.492 e. The van der Waals surface area contributed by atoms with E-state index < -0.39 is 17.8 Å². The van der Waals surface area contributed by atoms with E-state index in [-0.39, 0.29) is 31.8 Å². The number of hydrogen-bond donors (Lipinski definition) is 3. The van der Waals surface area contributed by atoms with Gasteiger partial charge in [0, 0.05) is 6.54 Å². The number of carboxylic acid groups (broad SMARTS) is 1. The molecule has 0 radical (unpaired) electrons. The van der Waals surface area contributed by atoms with Crippen molar-refractivity contribution in [3.05, 3.63) is 29.8 Å². The van der Waals surface area contributed by atoms with E-state index in [4.69, 9.17) is 21.3 Å². The van der Waals surface area contributed by atoms with E-state index in [9.17, 15) is 14.4 Å². The van der Waals surface area contributed by atoms with Crippen LogP contribution in [-0.2, 0) is 9.59 Å². The van der Waals surface area contributed by atoms with Crippen molar-refractivity contribution < 1.29 is 24.2 Å². The molecule has 0 aliphatic rings. The number of rotatable bonds is 9. The SMILES string of the molecule is NC(=O)CN(CCOc1ccc(C(=O)O)cc1)CC(N)=O. The molecular formula is C13H17N3O5. The Hall–Kier alpha value is -2.61. The van der Waals surface area contributed by atoms with E-state index in [0.717, 1.165) is 0 Å². The van der Waals surface area contributed by atoms with Crippen LogP contribution in [0.4, 0.5) is 0 Å².